The van der Waals surface area contributed by atoms with E-state index in [-0.39, 0.29) is 17.9 Å². The molecule has 2 N–H and O–H groups in total. The molecule has 1 aromatic carbocycles. The third-order valence-electron chi connectivity index (χ3n) is 3.58. The Morgan fingerprint density at radius 1 is 1.23 bits per heavy atom. The van der Waals surface area contributed by atoms with E-state index in [1.165, 1.54) is 4.90 Å². The van der Waals surface area contributed by atoms with Gasteiger partial charge in [-0.1, -0.05) is 12.2 Å². The van der Waals surface area contributed by atoms with E-state index >= 15 is 0 Å². The van der Waals surface area contributed by atoms with Crippen LogP contribution in [0.15, 0.2) is 24.3 Å². The minimum absolute atomic E-state index is 0.0142. The van der Waals surface area contributed by atoms with Gasteiger partial charge >= 0.3 is 6.09 Å². The average molecular weight is 309 g/mol. The number of amides is 2. The van der Waals surface area contributed by atoms with Crippen LogP contribution in [-0.2, 0) is 9.53 Å². The van der Waals surface area contributed by atoms with Crippen molar-refractivity contribution in [2.24, 2.45) is 5.73 Å². The molecular formula is C14H13F2N3O3. The van der Waals surface area contributed by atoms with E-state index in [1.807, 2.05) is 12.2 Å². The highest BCUT2D eigenvalue weighted by atomic mass is 19.1. The van der Waals surface area contributed by atoms with Crippen molar-refractivity contribution in [3.05, 3.63) is 35.9 Å². The number of ether oxygens (including phenoxy) is 1. The number of benzene rings is 1. The Balaban J connectivity index is 1.90. The SMILES string of the molecule is NC(=O)[C@H]1CN(c2cc(F)c(N3CC=CC3)c(F)c2)C(=O)O1. The monoisotopic (exact) mass is 309 g/mol. The fraction of sp³-hybridized carbons (Fsp3) is 0.286. The summed E-state index contributed by atoms with van der Waals surface area (Å²) in [6, 6.07) is 2.09. The standard InChI is InChI=1S/C14H13F2N3O3/c15-9-5-8(19-7-11(13(17)20)22-14(19)21)6-10(16)12(9)18-3-1-2-4-18/h1-2,5-6,11H,3-4,7H2,(H2,17,20)/t11-/m1/s1. The summed E-state index contributed by atoms with van der Waals surface area (Å²) in [6.07, 6.45) is 1.63. The number of hydrogen-bond donors (Lipinski definition) is 1. The second kappa shape index (κ2) is 5.28. The lowest BCUT2D eigenvalue weighted by molar-refractivity contribution is -0.124. The Labute approximate surface area is 124 Å². The van der Waals surface area contributed by atoms with Gasteiger partial charge < -0.3 is 15.4 Å². The fourth-order valence-corrected chi connectivity index (χ4v) is 2.49. The molecule has 1 saturated heterocycles. The van der Waals surface area contributed by atoms with E-state index in [0.29, 0.717) is 13.1 Å². The van der Waals surface area contributed by atoms with Gasteiger partial charge in [-0.3, -0.25) is 9.69 Å². The Bertz CT molecular complexity index is 646. The number of nitrogens with two attached hydrogens (primary N) is 1. The van der Waals surface area contributed by atoms with Crippen LogP contribution in [0.25, 0.3) is 0 Å². The summed E-state index contributed by atoms with van der Waals surface area (Å²) in [7, 11) is 0. The molecule has 0 bridgehead atoms. The Morgan fingerprint density at radius 3 is 2.32 bits per heavy atom. The molecule has 1 fully saturated rings. The van der Waals surface area contributed by atoms with Crippen LogP contribution in [0.1, 0.15) is 0 Å². The van der Waals surface area contributed by atoms with Crippen LogP contribution in [0.5, 0.6) is 0 Å². The van der Waals surface area contributed by atoms with Crippen LogP contribution in [-0.4, -0.2) is 37.7 Å². The molecule has 1 aromatic rings. The van der Waals surface area contributed by atoms with Gasteiger partial charge in [0.05, 0.1) is 12.2 Å². The molecule has 116 valence electrons. The second-order valence-corrected chi connectivity index (χ2v) is 5.02. The molecular weight excluding hydrogens is 296 g/mol. The molecule has 0 aliphatic carbocycles. The van der Waals surface area contributed by atoms with Gasteiger partial charge in [-0.25, -0.2) is 13.6 Å². The smallest absolute Gasteiger partial charge is 0.415 e. The zero-order valence-corrected chi connectivity index (χ0v) is 11.5. The van der Waals surface area contributed by atoms with E-state index in [2.05, 4.69) is 0 Å². The zero-order valence-electron chi connectivity index (χ0n) is 11.5. The average Bonchev–Trinajstić information content (AvgIpc) is 3.07. The van der Waals surface area contributed by atoms with Crippen LogP contribution in [0.3, 0.4) is 0 Å². The molecule has 2 amide bonds. The third kappa shape index (κ3) is 2.36. The van der Waals surface area contributed by atoms with Crippen LogP contribution in [0, 0.1) is 11.6 Å². The van der Waals surface area contributed by atoms with Gasteiger partial charge in [0, 0.05) is 25.2 Å². The predicted octanol–water partition coefficient (Wildman–Crippen LogP) is 1.15. The molecule has 2 heterocycles. The van der Waals surface area contributed by atoms with Gasteiger partial charge in [0.15, 0.2) is 17.7 Å². The third-order valence-corrected chi connectivity index (χ3v) is 3.58. The summed E-state index contributed by atoms with van der Waals surface area (Å²) in [5, 5.41) is 0. The molecule has 3 rings (SSSR count). The largest absolute Gasteiger partial charge is 0.434 e. The number of carbonyl (C=O) groups excluding carboxylic acids is 2. The van der Waals surface area contributed by atoms with E-state index in [9.17, 15) is 18.4 Å². The van der Waals surface area contributed by atoms with Crippen molar-refractivity contribution in [1.82, 2.24) is 0 Å². The van der Waals surface area contributed by atoms with Gasteiger partial charge in [-0.05, 0) is 0 Å². The highest BCUT2D eigenvalue weighted by molar-refractivity contribution is 5.95. The summed E-state index contributed by atoms with van der Waals surface area (Å²) < 4.78 is 33.2. The number of primary amides is 1. The lowest BCUT2D eigenvalue weighted by atomic mass is 10.2. The van der Waals surface area contributed by atoms with E-state index in [0.717, 1.165) is 17.0 Å². The fourth-order valence-electron chi connectivity index (χ4n) is 2.49. The summed E-state index contributed by atoms with van der Waals surface area (Å²) in [5.74, 6) is -2.38. The summed E-state index contributed by atoms with van der Waals surface area (Å²) in [6.45, 7) is 0.670. The normalized spacial score (nSPS) is 20.6. The number of nitrogens with zero attached hydrogens (tertiary/aromatic N) is 2. The maximum Gasteiger partial charge on any atom is 0.415 e. The van der Waals surface area contributed by atoms with Crippen molar-refractivity contribution >= 4 is 23.4 Å². The molecule has 8 heteroatoms. The van der Waals surface area contributed by atoms with Gasteiger partial charge in [0.25, 0.3) is 5.91 Å². The maximum absolute atomic E-state index is 14.2. The first-order chi connectivity index (χ1) is 10.5. The van der Waals surface area contributed by atoms with Crippen LogP contribution >= 0.6 is 0 Å². The molecule has 0 unspecified atom stereocenters. The lowest BCUT2D eigenvalue weighted by Gasteiger charge is -2.21. The van der Waals surface area contributed by atoms with Crippen molar-refractivity contribution in [3.63, 3.8) is 0 Å². The van der Waals surface area contributed by atoms with Gasteiger partial charge in [0.2, 0.25) is 0 Å². The summed E-state index contributed by atoms with van der Waals surface area (Å²) >= 11 is 0. The minimum atomic E-state index is -1.12. The predicted molar refractivity (Wildman–Crippen MR) is 74.5 cm³/mol. The Morgan fingerprint density at radius 2 is 1.82 bits per heavy atom. The summed E-state index contributed by atoms with van der Waals surface area (Å²) in [5.41, 5.74) is 4.90. The molecule has 0 radical (unpaired) electrons. The number of anilines is 2. The lowest BCUT2D eigenvalue weighted by Crippen LogP contribution is -2.32. The minimum Gasteiger partial charge on any atom is -0.434 e. The Hall–Kier alpha value is -2.64. The van der Waals surface area contributed by atoms with Crippen LogP contribution < -0.4 is 15.5 Å². The number of cyclic esters (lactones) is 1. The van der Waals surface area contributed by atoms with Crippen molar-refractivity contribution in [2.75, 3.05) is 29.4 Å². The second-order valence-electron chi connectivity index (χ2n) is 5.02. The zero-order chi connectivity index (χ0) is 15.9. The quantitative estimate of drug-likeness (QED) is 0.850. The topological polar surface area (TPSA) is 75.9 Å². The molecule has 0 aromatic heterocycles. The van der Waals surface area contributed by atoms with Gasteiger partial charge in [-0.2, -0.15) is 0 Å². The van der Waals surface area contributed by atoms with Crippen molar-refractivity contribution in [3.8, 4) is 0 Å². The highest BCUT2D eigenvalue weighted by Gasteiger charge is 2.36. The van der Waals surface area contributed by atoms with Crippen molar-refractivity contribution in [2.45, 2.75) is 6.10 Å². The molecule has 1 atom stereocenters. The summed E-state index contributed by atoms with van der Waals surface area (Å²) in [4.78, 5) is 25.2. The number of carbonyl (C=O) groups is 2. The maximum atomic E-state index is 14.2. The highest BCUT2D eigenvalue weighted by Crippen LogP contribution is 2.31. The molecule has 6 nitrogen and oxygen atoms in total. The number of halogens is 2. The number of hydrogen-bond acceptors (Lipinski definition) is 4. The van der Waals surface area contributed by atoms with Crippen molar-refractivity contribution < 1.29 is 23.1 Å². The van der Waals surface area contributed by atoms with Crippen molar-refractivity contribution in [1.29, 1.82) is 0 Å². The van der Waals surface area contributed by atoms with E-state index in [1.54, 1.807) is 0 Å². The van der Waals surface area contributed by atoms with Crippen LogP contribution in [0.4, 0.5) is 25.0 Å². The Kier molecular flexibility index (Phi) is 3.44. The molecule has 2 aliphatic rings. The first kappa shape index (κ1) is 14.3. The van der Waals surface area contributed by atoms with E-state index in [4.69, 9.17) is 10.5 Å². The first-order valence-electron chi connectivity index (χ1n) is 6.64. The van der Waals surface area contributed by atoms with Gasteiger partial charge in [-0.15, -0.1) is 0 Å². The molecule has 0 spiro atoms. The molecule has 0 saturated carbocycles. The van der Waals surface area contributed by atoms with Gasteiger partial charge in [0.1, 0.15) is 5.69 Å². The molecule has 2 aliphatic heterocycles. The molecule has 22 heavy (non-hydrogen) atoms. The first-order valence-corrected chi connectivity index (χ1v) is 6.64. The number of rotatable bonds is 3. The van der Waals surface area contributed by atoms with Crippen LogP contribution in [0.2, 0.25) is 0 Å². The van der Waals surface area contributed by atoms with E-state index < -0.39 is 29.7 Å².